The van der Waals surface area contributed by atoms with E-state index in [-0.39, 0.29) is 11.9 Å². The van der Waals surface area contributed by atoms with Crippen LogP contribution in [-0.2, 0) is 17.9 Å². The minimum absolute atomic E-state index is 0.0568. The zero-order valence-electron chi connectivity index (χ0n) is 14.0. The third-order valence-electron chi connectivity index (χ3n) is 4.25. The number of hydrogen-bond acceptors (Lipinski definition) is 4. The lowest BCUT2D eigenvalue weighted by molar-refractivity contribution is -0.123. The van der Waals surface area contributed by atoms with Crippen LogP contribution in [0, 0.1) is 0 Å². The predicted octanol–water partition coefficient (Wildman–Crippen LogP) is 1.67. The molecule has 1 N–H and O–H groups in total. The average Bonchev–Trinajstić information content (AvgIpc) is 3.00. The fourth-order valence-electron chi connectivity index (χ4n) is 2.92. The summed E-state index contributed by atoms with van der Waals surface area (Å²) in [5.74, 6) is 0.980. The molecule has 0 radical (unpaired) electrons. The molecule has 0 unspecified atom stereocenters. The summed E-state index contributed by atoms with van der Waals surface area (Å²) in [5.41, 5.74) is 1.13. The van der Waals surface area contributed by atoms with Gasteiger partial charge >= 0.3 is 0 Å². The number of hydrogen-bond donors (Lipinski definition) is 1. The van der Waals surface area contributed by atoms with Crippen LogP contribution < -0.4 is 10.1 Å². The highest BCUT2D eigenvalue weighted by Crippen LogP contribution is 2.22. The Hall–Kier alpha value is -2.34. The van der Waals surface area contributed by atoms with Gasteiger partial charge < -0.3 is 14.6 Å². The van der Waals surface area contributed by atoms with Crippen molar-refractivity contribution in [1.82, 2.24) is 19.8 Å². The van der Waals surface area contributed by atoms with Crippen molar-refractivity contribution in [2.75, 3.05) is 19.7 Å². The van der Waals surface area contributed by atoms with E-state index in [0.717, 1.165) is 37.4 Å². The first kappa shape index (κ1) is 16.5. The Bertz CT molecular complexity index is 657. The summed E-state index contributed by atoms with van der Waals surface area (Å²) in [6, 6.07) is 8.13. The molecule has 6 nitrogen and oxygen atoms in total. The largest absolute Gasteiger partial charge is 0.492 e. The number of carbonyl (C=O) groups excluding carboxylic acids is 1. The number of imidazole rings is 1. The van der Waals surface area contributed by atoms with Gasteiger partial charge in [0.15, 0.2) is 0 Å². The molecule has 1 aromatic carbocycles. The lowest BCUT2D eigenvalue weighted by atomic mass is 10.2. The smallest absolute Gasteiger partial charge is 0.234 e. The van der Waals surface area contributed by atoms with Gasteiger partial charge in [0.1, 0.15) is 12.4 Å². The molecule has 128 valence electrons. The molecule has 1 aliphatic heterocycles. The molecular weight excluding hydrogens is 304 g/mol. The van der Waals surface area contributed by atoms with Crippen LogP contribution in [0.3, 0.4) is 0 Å². The Kier molecular flexibility index (Phi) is 5.48. The number of ether oxygens (including phenoxy) is 1. The molecular formula is C18H24N4O2. The Morgan fingerprint density at radius 1 is 1.42 bits per heavy atom. The van der Waals surface area contributed by atoms with E-state index in [1.165, 1.54) is 0 Å². The molecule has 0 aliphatic carbocycles. The van der Waals surface area contributed by atoms with E-state index in [2.05, 4.69) is 28.2 Å². The number of carbonyl (C=O) groups is 1. The molecule has 0 spiro atoms. The minimum Gasteiger partial charge on any atom is -0.492 e. The standard InChI is InChI=1S/C18H24N4O2/c1-2-16(12-22-8-7-19-14-22)20-18(23)13-21-9-10-24-17-6-4-3-5-15(17)11-21/h3-8,14,16H,2,9-13H2,1H3,(H,20,23)/t16-/m0/s1. The van der Waals surface area contributed by atoms with Crippen LogP contribution in [0.1, 0.15) is 18.9 Å². The van der Waals surface area contributed by atoms with E-state index in [1.54, 1.807) is 12.5 Å². The maximum Gasteiger partial charge on any atom is 0.234 e. The minimum atomic E-state index is 0.0568. The fraction of sp³-hybridized carbons (Fsp3) is 0.444. The van der Waals surface area contributed by atoms with Crippen LogP contribution >= 0.6 is 0 Å². The number of nitrogens with one attached hydrogen (secondary N) is 1. The highest BCUT2D eigenvalue weighted by molar-refractivity contribution is 5.78. The maximum atomic E-state index is 12.4. The summed E-state index contributed by atoms with van der Waals surface area (Å²) >= 11 is 0. The van der Waals surface area contributed by atoms with Crippen LogP contribution in [-0.4, -0.2) is 46.1 Å². The molecule has 1 amide bonds. The molecule has 6 heteroatoms. The van der Waals surface area contributed by atoms with Gasteiger partial charge in [-0.2, -0.15) is 0 Å². The molecule has 0 fully saturated rings. The number of benzene rings is 1. The highest BCUT2D eigenvalue weighted by Gasteiger charge is 2.18. The normalized spacial score (nSPS) is 15.9. The number of nitrogens with zero attached hydrogens (tertiary/aromatic N) is 3. The van der Waals surface area contributed by atoms with Gasteiger partial charge in [-0.1, -0.05) is 25.1 Å². The fourth-order valence-corrected chi connectivity index (χ4v) is 2.92. The van der Waals surface area contributed by atoms with E-state index in [1.807, 2.05) is 29.0 Å². The Labute approximate surface area is 142 Å². The van der Waals surface area contributed by atoms with Crippen LogP contribution in [0.2, 0.25) is 0 Å². The van der Waals surface area contributed by atoms with Gasteiger partial charge in [0.25, 0.3) is 0 Å². The third kappa shape index (κ3) is 4.35. The second kappa shape index (κ2) is 7.97. The van der Waals surface area contributed by atoms with E-state index in [0.29, 0.717) is 13.2 Å². The zero-order chi connectivity index (χ0) is 16.8. The molecule has 2 aromatic rings. The Morgan fingerprint density at radius 2 is 2.29 bits per heavy atom. The summed E-state index contributed by atoms with van der Waals surface area (Å²) in [5, 5.41) is 3.13. The van der Waals surface area contributed by atoms with E-state index >= 15 is 0 Å². The van der Waals surface area contributed by atoms with Crippen molar-refractivity contribution < 1.29 is 9.53 Å². The zero-order valence-corrected chi connectivity index (χ0v) is 14.0. The topological polar surface area (TPSA) is 59.4 Å². The van der Waals surface area contributed by atoms with Crippen molar-refractivity contribution in [1.29, 1.82) is 0 Å². The Morgan fingerprint density at radius 3 is 3.08 bits per heavy atom. The predicted molar refractivity (Wildman–Crippen MR) is 91.7 cm³/mol. The maximum absolute atomic E-state index is 12.4. The van der Waals surface area contributed by atoms with Crippen LogP contribution in [0.15, 0.2) is 43.0 Å². The second-order valence-electron chi connectivity index (χ2n) is 6.10. The first-order valence-electron chi connectivity index (χ1n) is 8.42. The summed E-state index contributed by atoms with van der Waals surface area (Å²) in [7, 11) is 0. The van der Waals surface area contributed by atoms with Crippen LogP contribution in [0.4, 0.5) is 0 Å². The van der Waals surface area contributed by atoms with Gasteiger partial charge in [-0.05, 0) is 12.5 Å². The van der Waals surface area contributed by atoms with Crippen molar-refractivity contribution in [3.63, 3.8) is 0 Å². The molecule has 1 aliphatic rings. The summed E-state index contributed by atoms with van der Waals surface area (Å²) in [4.78, 5) is 18.6. The molecule has 3 rings (SSSR count). The van der Waals surface area contributed by atoms with Crippen molar-refractivity contribution in [3.05, 3.63) is 48.5 Å². The SMILES string of the molecule is CC[C@@H](Cn1ccnc1)NC(=O)CN1CCOc2ccccc2C1. The summed E-state index contributed by atoms with van der Waals surface area (Å²) < 4.78 is 7.74. The average molecular weight is 328 g/mol. The molecule has 0 saturated heterocycles. The van der Waals surface area contributed by atoms with Gasteiger partial charge in [0.2, 0.25) is 5.91 Å². The lowest BCUT2D eigenvalue weighted by Crippen LogP contribution is -2.43. The van der Waals surface area contributed by atoms with E-state index in [4.69, 9.17) is 4.74 Å². The first-order chi connectivity index (χ1) is 11.7. The van der Waals surface area contributed by atoms with Crippen LogP contribution in [0.5, 0.6) is 5.75 Å². The first-order valence-corrected chi connectivity index (χ1v) is 8.42. The van der Waals surface area contributed by atoms with Gasteiger partial charge in [0.05, 0.1) is 12.9 Å². The lowest BCUT2D eigenvalue weighted by Gasteiger charge is -2.22. The second-order valence-corrected chi connectivity index (χ2v) is 6.10. The summed E-state index contributed by atoms with van der Waals surface area (Å²) in [6.07, 6.45) is 6.33. The molecule has 1 aromatic heterocycles. The van der Waals surface area contributed by atoms with E-state index in [9.17, 15) is 4.79 Å². The number of rotatable bonds is 6. The summed E-state index contributed by atoms with van der Waals surface area (Å²) in [6.45, 7) is 5.31. The molecule has 0 saturated carbocycles. The highest BCUT2D eigenvalue weighted by atomic mass is 16.5. The van der Waals surface area contributed by atoms with Crippen molar-refractivity contribution in [2.24, 2.45) is 0 Å². The Balaban J connectivity index is 1.54. The number of amides is 1. The molecule has 0 bridgehead atoms. The number of aromatic nitrogens is 2. The van der Waals surface area contributed by atoms with Crippen molar-refractivity contribution >= 4 is 5.91 Å². The number of para-hydroxylation sites is 1. The van der Waals surface area contributed by atoms with Gasteiger partial charge in [0, 0.05) is 43.6 Å². The van der Waals surface area contributed by atoms with Gasteiger partial charge in [-0.25, -0.2) is 4.98 Å². The van der Waals surface area contributed by atoms with Crippen molar-refractivity contribution in [3.8, 4) is 5.75 Å². The third-order valence-corrected chi connectivity index (χ3v) is 4.25. The molecule has 1 atom stereocenters. The van der Waals surface area contributed by atoms with Gasteiger partial charge in [-0.3, -0.25) is 9.69 Å². The van der Waals surface area contributed by atoms with Crippen molar-refractivity contribution in [2.45, 2.75) is 32.5 Å². The van der Waals surface area contributed by atoms with E-state index < -0.39 is 0 Å². The molecule has 24 heavy (non-hydrogen) atoms. The van der Waals surface area contributed by atoms with Crippen LogP contribution in [0.25, 0.3) is 0 Å². The van der Waals surface area contributed by atoms with Gasteiger partial charge in [-0.15, -0.1) is 0 Å². The number of fused-ring (bicyclic) bond motifs is 1. The molecule has 2 heterocycles. The monoisotopic (exact) mass is 328 g/mol. The quantitative estimate of drug-likeness (QED) is 0.876.